The molecule has 0 heterocycles. The Hall–Kier alpha value is -0.480. The standard InChI is InChI=1S/C10H10Br2O2/c1-14-9-6-7(3-2-4-11)5-8(12)10(9)13/h2-3,5-6,13H,4H2,1H3. The second-order valence-corrected chi connectivity index (χ2v) is 4.11. The maximum absolute atomic E-state index is 9.54. The fraction of sp³-hybridized carbons (Fsp3) is 0.200. The van der Waals surface area contributed by atoms with E-state index in [1.54, 1.807) is 6.07 Å². The van der Waals surface area contributed by atoms with Crippen molar-refractivity contribution in [3.63, 3.8) is 0 Å². The van der Waals surface area contributed by atoms with Gasteiger partial charge in [0.1, 0.15) is 0 Å². The monoisotopic (exact) mass is 320 g/mol. The molecule has 0 saturated heterocycles. The van der Waals surface area contributed by atoms with Crippen molar-refractivity contribution < 1.29 is 9.84 Å². The summed E-state index contributed by atoms with van der Waals surface area (Å²) in [7, 11) is 1.53. The Balaban J connectivity index is 3.09. The van der Waals surface area contributed by atoms with Gasteiger partial charge in [-0.1, -0.05) is 28.1 Å². The van der Waals surface area contributed by atoms with Gasteiger partial charge in [-0.15, -0.1) is 0 Å². The molecule has 0 atom stereocenters. The van der Waals surface area contributed by atoms with Gasteiger partial charge in [0.2, 0.25) is 0 Å². The fourth-order valence-corrected chi connectivity index (χ4v) is 1.67. The second-order valence-electron chi connectivity index (χ2n) is 2.61. The first-order valence-corrected chi connectivity index (χ1v) is 5.89. The van der Waals surface area contributed by atoms with Gasteiger partial charge in [0, 0.05) is 5.33 Å². The van der Waals surface area contributed by atoms with E-state index in [0.29, 0.717) is 10.2 Å². The summed E-state index contributed by atoms with van der Waals surface area (Å²) in [4.78, 5) is 0. The number of ether oxygens (including phenoxy) is 1. The topological polar surface area (TPSA) is 29.5 Å². The van der Waals surface area contributed by atoms with Crippen molar-refractivity contribution in [1.29, 1.82) is 0 Å². The van der Waals surface area contributed by atoms with Gasteiger partial charge in [0.15, 0.2) is 11.5 Å². The molecule has 2 nitrogen and oxygen atoms in total. The molecule has 0 saturated carbocycles. The van der Waals surface area contributed by atoms with Crippen LogP contribution in [0.2, 0.25) is 0 Å². The maximum atomic E-state index is 9.54. The molecule has 1 aromatic carbocycles. The Kier molecular flexibility index (Phi) is 4.48. The van der Waals surface area contributed by atoms with Crippen molar-refractivity contribution in [3.8, 4) is 11.5 Å². The smallest absolute Gasteiger partial charge is 0.172 e. The third-order valence-electron chi connectivity index (χ3n) is 1.67. The summed E-state index contributed by atoms with van der Waals surface area (Å²) in [6, 6.07) is 3.61. The van der Waals surface area contributed by atoms with E-state index in [-0.39, 0.29) is 5.75 Å². The van der Waals surface area contributed by atoms with E-state index >= 15 is 0 Å². The Labute approximate surface area is 99.8 Å². The van der Waals surface area contributed by atoms with Crippen LogP contribution < -0.4 is 4.74 Å². The lowest BCUT2D eigenvalue weighted by Crippen LogP contribution is -1.85. The van der Waals surface area contributed by atoms with E-state index in [0.717, 1.165) is 10.9 Å². The number of alkyl halides is 1. The van der Waals surface area contributed by atoms with Gasteiger partial charge >= 0.3 is 0 Å². The summed E-state index contributed by atoms with van der Waals surface area (Å²) >= 11 is 6.55. The van der Waals surface area contributed by atoms with Crippen molar-refractivity contribution in [1.82, 2.24) is 0 Å². The molecule has 1 rings (SSSR count). The minimum atomic E-state index is 0.128. The van der Waals surface area contributed by atoms with E-state index in [1.165, 1.54) is 7.11 Å². The highest BCUT2D eigenvalue weighted by Gasteiger charge is 2.06. The zero-order valence-electron chi connectivity index (χ0n) is 7.63. The van der Waals surface area contributed by atoms with Crippen LogP contribution in [0.15, 0.2) is 22.7 Å². The Morgan fingerprint density at radius 3 is 2.79 bits per heavy atom. The molecule has 0 aliphatic heterocycles. The van der Waals surface area contributed by atoms with Crippen LogP contribution in [0.5, 0.6) is 11.5 Å². The van der Waals surface area contributed by atoms with Crippen molar-refractivity contribution >= 4 is 37.9 Å². The zero-order valence-corrected chi connectivity index (χ0v) is 10.8. The molecular formula is C10H10Br2O2. The summed E-state index contributed by atoms with van der Waals surface area (Å²) in [6.45, 7) is 0. The van der Waals surface area contributed by atoms with Gasteiger partial charge in [0.05, 0.1) is 11.6 Å². The summed E-state index contributed by atoms with van der Waals surface area (Å²) < 4.78 is 5.65. The number of rotatable bonds is 3. The van der Waals surface area contributed by atoms with Crippen LogP contribution in [0, 0.1) is 0 Å². The quantitative estimate of drug-likeness (QED) is 0.862. The third-order valence-corrected chi connectivity index (χ3v) is 2.65. The molecule has 76 valence electrons. The van der Waals surface area contributed by atoms with Crippen molar-refractivity contribution in [2.75, 3.05) is 12.4 Å². The van der Waals surface area contributed by atoms with Crippen LogP contribution in [-0.2, 0) is 0 Å². The van der Waals surface area contributed by atoms with Crippen LogP contribution in [0.3, 0.4) is 0 Å². The molecule has 0 radical (unpaired) electrons. The predicted molar refractivity (Wildman–Crippen MR) is 65.2 cm³/mol. The maximum Gasteiger partial charge on any atom is 0.172 e. The first kappa shape index (κ1) is 11.6. The number of benzene rings is 1. The first-order valence-electron chi connectivity index (χ1n) is 3.98. The Morgan fingerprint density at radius 2 is 2.21 bits per heavy atom. The highest BCUT2D eigenvalue weighted by atomic mass is 79.9. The first-order chi connectivity index (χ1) is 6.69. The number of hydrogen-bond acceptors (Lipinski definition) is 2. The Bertz CT molecular complexity index is 348. The largest absolute Gasteiger partial charge is 0.503 e. The molecule has 1 N–H and O–H groups in total. The highest BCUT2D eigenvalue weighted by Crippen LogP contribution is 2.35. The molecule has 1 aromatic rings. The lowest BCUT2D eigenvalue weighted by Gasteiger charge is -2.06. The van der Waals surface area contributed by atoms with Gasteiger partial charge in [0.25, 0.3) is 0 Å². The number of aromatic hydroxyl groups is 1. The number of methoxy groups -OCH3 is 1. The van der Waals surface area contributed by atoms with Gasteiger partial charge in [-0.25, -0.2) is 0 Å². The normalized spacial score (nSPS) is 10.8. The van der Waals surface area contributed by atoms with Gasteiger partial charge in [-0.2, -0.15) is 0 Å². The number of phenols is 1. The van der Waals surface area contributed by atoms with Crippen LogP contribution in [0.4, 0.5) is 0 Å². The summed E-state index contributed by atoms with van der Waals surface area (Å²) in [5, 5.41) is 10.3. The SMILES string of the molecule is COc1cc(C=CCBr)cc(Br)c1O. The number of halogens is 2. The predicted octanol–water partition coefficient (Wildman–Crippen LogP) is 3.57. The van der Waals surface area contributed by atoms with Crippen LogP contribution in [0.25, 0.3) is 6.08 Å². The molecule has 0 aliphatic rings. The molecule has 0 aromatic heterocycles. The van der Waals surface area contributed by atoms with Gasteiger partial charge in [-0.05, 0) is 33.6 Å². The van der Waals surface area contributed by atoms with Crippen molar-refractivity contribution in [3.05, 3.63) is 28.2 Å². The lowest BCUT2D eigenvalue weighted by molar-refractivity contribution is 0.372. The molecule has 0 fully saturated rings. The molecule has 0 bridgehead atoms. The zero-order chi connectivity index (χ0) is 10.6. The second kappa shape index (κ2) is 5.41. The molecule has 4 heteroatoms. The van der Waals surface area contributed by atoms with E-state index in [4.69, 9.17) is 4.74 Å². The lowest BCUT2D eigenvalue weighted by atomic mass is 10.2. The van der Waals surface area contributed by atoms with Crippen LogP contribution in [0.1, 0.15) is 5.56 Å². The third kappa shape index (κ3) is 2.75. The molecule has 0 aliphatic carbocycles. The summed E-state index contributed by atoms with van der Waals surface area (Å²) in [5.74, 6) is 0.595. The Morgan fingerprint density at radius 1 is 1.50 bits per heavy atom. The molecule has 0 amide bonds. The van der Waals surface area contributed by atoms with E-state index in [1.807, 2.05) is 18.2 Å². The average Bonchev–Trinajstić information content (AvgIpc) is 2.19. The average molecular weight is 322 g/mol. The number of phenolic OH excluding ortho intramolecular Hbond substituents is 1. The summed E-state index contributed by atoms with van der Waals surface area (Å²) in [6.07, 6.45) is 3.92. The van der Waals surface area contributed by atoms with Gasteiger partial charge in [-0.3, -0.25) is 0 Å². The highest BCUT2D eigenvalue weighted by molar-refractivity contribution is 9.10. The van der Waals surface area contributed by atoms with Crippen molar-refractivity contribution in [2.24, 2.45) is 0 Å². The molecule has 0 spiro atoms. The van der Waals surface area contributed by atoms with Crippen LogP contribution >= 0.6 is 31.9 Å². The molecule has 0 unspecified atom stereocenters. The minimum Gasteiger partial charge on any atom is -0.503 e. The van der Waals surface area contributed by atoms with E-state index in [2.05, 4.69) is 31.9 Å². The minimum absolute atomic E-state index is 0.128. The van der Waals surface area contributed by atoms with Gasteiger partial charge < -0.3 is 9.84 Å². The van der Waals surface area contributed by atoms with E-state index in [9.17, 15) is 5.11 Å². The molecular weight excluding hydrogens is 312 g/mol. The van der Waals surface area contributed by atoms with E-state index < -0.39 is 0 Å². The number of hydrogen-bond donors (Lipinski definition) is 1. The van der Waals surface area contributed by atoms with Crippen LogP contribution in [-0.4, -0.2) is 17.5 Å². The molecule has 14 heavy (non-hydrogen) atoms. The fourth-order valence-electron chi connectivity index (χ4n) is 1.03. The van der Waals surface area contributed by atoms with Crippen molar-refractivity contribution in [2.45, 2.75) is 0 Å². The number of allylic oxidation sites excluding steroid dienone is 1. The summed E-state index contributed by atoms with van der Waals surface area (Å²) in [5.41, 5.74) is 0.978.